The Morgan fingerprint density at radius 2 is 1.91 bits per heavy atom. The van der Waals surface area contributed by atoms with Gasteiger partial charge in [0.25, 0.3) is 0 Å². The number of aromatic nitrogens is 1. The highest BCUT2D eigenvalue weighted by molar-refractivity contribution is 7.89. The summed E-state index contributed by atoms with van der Waals surface area (Å²) in [6.45, 7) is 3.20. The standard InChI is InChI=1S/C14H16N2O5S/c1-9-13(10(2)21-16-9)22(18,19)15-8-11-4-6-12(7-5-11)14(17)20-3/h4-7,15H,8H2,1-3H3. The lowest BCUT2D eigenvalue weighted by molar-refractivity contribution is 0.0600. The average Bonchev–Trinajstić information content (AvgIpc) is 2.84. The van der Waals surface area contributed by atoms with Gasteiger partial charge < -0.3 is 9.26 Å². The van der Waals surface area contributed by atoms with Crippen LogP contribution in [-0.4, -0.2) is 26.7 Å². The van der Waals surface area contributed by atoms with E-state index in [1.165, 1.54) is 7.11 Å². The Morgan fingerprint density at radius 1 is 1.27 bits per heavy atom. The first-order valence-electron chi connectivity index (χ1n) is 6.45. The Hall–Kier alpha value is -2.19. The van der Waals surface area contributed by atoms with Crippen LogP contribution < -0.4 is 4.72 Å². The Morgan fingerprint density at radius 3 is 2.41 bits per heavy atom. The Kier molecular flexibility index (Phi) is 4.62. The molecule has 0 radical (unpaired) electrons. The molecule has 0 saturated heterocycles. The number of sulfonamides is 1. The summed E-state index contributed by atoms with van der Waals surface area (Å²) >= 11 is 0. The highest BCUT2D eigenvalue weighted by Crippen LogP contribution is 2.19. The van der Waals surface area contributed by atoms with E-state index in [1.54, 1.807) is 38.1 Å². The number of carbonyl (C=O) groups is 1. The van der Waals surface area contributed by atoms with Crippen LogP contribution in [0.2, 0.25) is 0 Å². The second kappa shape index (κ2) is 6.29. The van der Waals surface area contributed by atoms with Crippen molar-refractivity contribution in [2.75, 3.05) is 7.11 Å². The summed E-state index contributed by atoms with van der Waals surface area (Å²) in [7, 11) is -2.41. The molecule has 2 aromatic rings. The first-order chi connectivity index (χ1) is 10.3. The van der Waals surface area contributed by atoms with Crippen LogP contribution in [0.1, 0.15) is 27.4 Å². The van der Waals surface area contributed by atoms with E-state index in [9.17, 15) is 13.2 Å². The maximum absolute atomic E-state index is 12.2. The fourth-order valence-electron chi connectivity index (χ4n) is 1.99. The zero-order valence-electron chi connectivity index (χ0n) is 12.4. The number of hydrogen-bond donors (Lipinski definition) is 1. The van der Waals surface area contributed by atoms with Crippen LogP contribution in [0.5, 0.6) is 0 Å². The first kappa shape index (κ1) is 16.2. The molecule has 8 heteroatoms. The summed E-state index contributed by atoms with van der Waals surface area (Å²) in [5.74, 6) is -0.200. The van der Waals surface area contributed by atoms with Crippen molar-refractivity contribution in [1.82, 2.24) is 9.88 Å². The number of carbonyl (C=O) groups excluding carboxylic acids is 1. The van der Waals surface area contributed by atoms with Gasteiger partial charge in [-0.15, -0.1) is 0 Å². The third-order valence-electron chi connectivity index (χ3n) is 3.08. The molecule has 2 rings (SSSR count). The van der Waals surface area contributed by atoms with E-state index in [4.69, 9.17) is 4.52 Å². The fourth-order valence-corrected chi connectivity index (χ4v) is 3.33. The van der Waals surface area contributed by atoms with Gasteiger partial charge in [0.2, 0.25) is 10.0 Å². The number of methoxy groups -OCH3 is 1. The smallest absolute Gasteiger partial charge is 0.337 e. The molecule has 1 aromatic heterocycles. The monoisotopic (exact) mass is 324 g/mol. The molecule has 1 aromatic carbocycles. The second-order valence-corrected chi connectivity index (χ2v) is 6.37. The molecule has 22 heavy (non-hydrogen) atoms. The maximum atomic E-state index is 12.2. The molecule has 0 aliphatic carbocycles. The van der Waals surface area contributed by atoms with Crippen molar-refractivity contribution in [2.24, 2.45) is 0 Å². The minimum atomic E-state index is -3.71. The molecule has 1 N–H and O–H groups in total. The van der Waals surface area contributed by atoms with Gasteiger partial charge in [-0.3, -0.25) is 0 Å². The van der Waals surface area contributed by atoms with Crippen molar-refractivity contribution in [3.8, 4) is 0 Å². The van der Waals surface area contributed by atoms with Gasteiger partial charge in [0.1, 0.15) is 10.6 Å². The lowest BCUT2D eigenvalue weighted by atomic mass is 10.1. The van der Waals surface area contributed by atoms with Crippen LogP contribution in [0.4, 0.5) is 0 Å². The van der Waals surface area contributed by atoms with E-state index in [0.29, 0.717) is 16.8 Å². The SMILES string of the molecule is COC(=O)c1ccc(CNS(=O)(=O)c2c(C)noc2C)cc1. The lowest BCUT2D eigenvalue weighted by Crippen LogP contribution is -2.24. The molecule has 0 bridgehead atoms. The van der Waals surface area contributed by atoms with E-state index < -0.39 is 16.0 Å². The van der Waals surface area contributed by atoms with E-state index in [0.717, 1.165) is 0 Å². The predicted octanol–water partition coefficient (Wildman–Crippen LogP) is 1.56. The van der Waals surface area contributed by atoms with Crippen LogP contribution in [0.15, 0.2) is 33.7 Å². The van der Waals surface area contributed by atoms with Gasteiger partial charge in [0.05, 0.1) is 12.7 Å². The van der Waals surface area contributed by atoms with Crippen LogP contribution in [0, 0.1) is 13.8 Å². The van der Waals surface area contributed by atoms with Crippen molar-refractivity contribution in [1.29, 1.82) is 0 Å². The van der Waals surface area contributed by atoms with Crippen LogP contribution >= 0.6 is 0 Å². The Balaban J connectivity index is 2.11. The van der Waals surface area contributed by atoms with Crippen molar-refractivity contribution in [3.63, 3.8) is 0 Å². The van der Waals surface area contributed by atoms with Gasteiger partial charge in [-0.2, -0.15) is 0 Å². The largest absolute Gasteiger partial charge is 0.465 e. The second-order valence-electron chi connectivity index (χ2n) is 4.67. The molecular weight excluding hydrogens is 308 g/mol. The average molecular weight is 324 g/mol. The fraction of sp³-hybridized carbons (Fsp3) is 0.286. The number of esters is 1. The summed E-state index contributed by atoms with van der Waals surface area (Å²) < 4.78 is 36.4. The minimum absolute atomic E-state index is 0.0543. The summed E-state index contributed by atoms with van der Waals surface area (Å²) in [5, 5.41) is 3.63. The van der Waals surface area contributed by atoms with Gasteiger partial charge in [-0.25, -0.2) is 17.9 Å². The zero-order valence-corrected chi connectivity index (χ0v) is 13.2. The maximum Gasteiger partial charge on any atom is 0.337 e. The highest BCUT2D eigenvalue weighted by atomic mass is 32.2. The molecule has 0 unspecified atom stereocenters. The molecule has 0 aliphatic rings. The minimum Gasteiger partial charge on any atom is -0.465 e. The van der Waals surface area contributed by atoms with E-state index in [-0.39, 0.29) is 17.2 Å². The topological polar surface area (TPSA) is 98.5 Å². The summed E-state index contributed by atoms with van der Waals surface area (Å²) in [5.41, 5.74) is 1.42. The van der Waals surface area contributed by atoms with Crippen LogP contribution in [0.3, 0.4) is 0 Å². The highest BCUT2D eigenvalue weighted by Gasteiger charge is 2.23. The number of benzene rings is 1. The van der Waals surface area contributed by atoms with E-state index >= 15 is 0 Å². The molecule has 0 fully saturated rings. The first-order valence-corrected chi connectivity index (χ1v) is 7.93. The third-order valence-corrected chi connectivity index (χ3v) is 4.72. The van der Waals surface area contributed by atoms with E-state index in [1.807, 2.05) is 0 Å². The van der Waals surface area contributed by atoms with Gasteiger partial charge in [-0.05, 0) is 31.5 Å². The molecule has 0 atom stereocenters. The molecule has 7 nitrogen and oxygen atoms in total. The van der Waals surface area contributed by atoms with E-state index in [2.05, 4.69) is 14.6 Å². The molecule has 0 saturated carbocycles. The van der Waals surface area contributed by atoms with Crippen LogP contribution in [-0.2, 0) is 21.3 Å². The van der Waals surface area contributed by atoms with Gasteiger partial charge >= 0.3 is 5.97 Å². The number of nitrogens with one attached hydrogen (secondary N) is 1. The molecule has 0 amide bonds. The van der Waals surface area contributed by atoms with Crippen molar-refractivity contribution in [3.05, 3.63) is 46.8 Å². The van der Waals surface area contributed by atoms with Crippen molar-refractivity contribution >= 4 is 16.0 Å². The molecule has 118 valence electrons. The summed E-state index contributed by atoms with van der Waals surface area (Å²) in [4.78, 5) is 11.4. The number of ether oxygens (including phenoxy) is 1. The van der Waals surface area contributed by atoms with Crippen molar-refractivity contribution in [2.45, 2.75) is 25.3 Å². The van der Waals surface area contributed by atoms with Gasteiger partial charge in [-0.1, -0.05) is 17.3 Å². The molecule has 0 spiro atoms. The summed E-state index contributed by atoms with van der Waals surface area (Å²) in [6.07, 6.45) is 0. The number of rotatable bonds is 5. The number of nitrogens with zero attached hydrogens (tertiary/aromatic N) is 1. The lowest BCUT2D eigenvalue weighted by Gasteiger charge is -2.07. The molecule has 1 heterocycles. The molecular formula is C14H16N2O5S. The summed E-state index contributed by atoms with van der Waals surface area (Å²) in [6, 6.07) is 6.46. The predicted molar refractivity (Wildman–Crippen MR) is 77.8 cm³/mol. The van der Waals surface area contributed by atoms with Gasteiger partial charge in [0.15, 0.2) is 5.76 Å². The van der Waals surface area contributed by atoms with Crippen molar-refractivity contribution < 1.29 is 22.5 Å². The zero-order chi connectivity index (χ0) is 16.3. The van der Waals surface area contributed by atoms with Gasteiger partial charge in [0, 0.05) is 6.54 Å². The Labute approximate surface area is 128 Å². The Bertz CT molecular complexity index is 759. The normalized spacial score (nSPS) is 11.4. The third kappa shape index (κ3) is 3.34. The number of aryl methyl sites for hydroxylation is 2. The number of hydrogen-bond acceptors (Lipinski definition) is 6. The van der Waals surface area contributed by atoms with Crippen LogP contribution in [0.25, 0.3) is 0 Å². The quantitative estimate of drug-likeness (QED) is 0.838. The molecule has 0 aliphatic heterocycles.